The van der Waals surface area contributed by atoms with Gasteiger partial charge in [-0.3, -0.25) is 4.98 Å². The number of aryl methyl sites for hydroxylation is 1. The molecule has 2 heterocycles. The minimum Gasteiger partial charge on any atom is -0.366 e. The van der Waals surface area contributed by atoms with Crippen molar-refractivity contribution in [2.75, 3.05) is 5.32 Å². The van der Waals surface area contributed by atoms with Gasteiger partial charge in [0.05, 0.1) is 5.52 Å². The first-order valence-electron chi connectivity index (χ1n) is 6.43. The Labute approximate surface area is 116 Å². The van der Waals surface area contributed by atoms with Crippen LogP contribution in [0.4, 0.5) is 10.2 Å². The third-order valence-electron chi connectivity index (χ3n) is 3.08. The number of hydrogen-bond donors (Lipinski definition) is 1. The van der Waals surface area contributed by atoms with E-state index in [1.807, 2.05) is 25.1 Å². The van der Waals surface area contributed by atoms with Crippen molar-refractivity contribution in [2.24, 2.45) is 0 Å². The second-order valence-corrected chi connectivity index (χ2v) is 4.68. The predicted molar refractivity (Wildman–Crippen MR) is 78.0 cm³/mol. The number of pyridine rings is 2. The van der Waals surface area contributed by atoms with Crippen molar-refractivity contribution in [3.8, 4) is 0 Å². The Morgan fingerprint density at radius 3 is 2.80 bits per heavy atom. The number of nitrogens with one attached hydrogen (secondary N) is 1. The summed E-state index contributed by atoms with van der Waals surface area (Å²) < 4.78 is 13.0. The first-order chi connectivity index (χ1) is 9.70. The van der Waals surface area contributed by atoms with Crippen LogP contribution in [-0.4, -0.2) is 9.97 Å². The molecule has 100 valence electrons. The summed E-state index contributed by atoms with van der Waals surface area (Å²) in [7, 11) is 0. The number of fused-ring (bicyclic) bond motifs is 1. The van der Waals surface area contributed by atoms with Crippen LogP contribution >= 0.6 is 0 Å². The Morgan fingerprint density at radius 2 is 1.95 bits per heavy atom. The molecule has 0 amide bonds. The Kier molecular flexibility index (Phi) is 3.29. The summed E-state index contributed by atoms with van der Waals surface area (Å²) in [5.74, 6) is 0.0558. The first-order valence-corrected chi connectivity index (χ1v) is 6.43. The van der Waals surface area contributed by atoms with E-state index in [4.69, 9.17) is 0 Å². The van der Waals surface area contributed by atoms with Crippen molar-refractivity contribution in [1.82, 2.24) is 9.97 Å². The van der Waals surface area contributed by atoms with E-state index < -0.39 is 5.95 Å². The molecule has 3 nitrogen and oxygen atoms in total. The van der Waals surface area contributed by atoms with Crippen molar-refractivity contribution in [3.05, 3.63) is 65.7 Å². The van der Waals surface area contributed by atoms with Crippen LogP contribution in [0.1, 0.15) is 11.3 Å². The number of hydrogen-bond acceptors (Lipinski definition) is 3. The van der Waals surface area contributed by atoms with Gasteiger partial charge in [-0.15, -0.1) is 0 Å². The summed E-state index contributed by atoms with van der Waals surface area (Å²) in [5, 5.41) is 4.21. The quantitative estimate of drug-likeness (QED) is 0.735. The number of halogens is 1. The van der Waals surface area contributed by atoms with E-state index in [0.29, 0.717) is 12.4 Å². The van der Waals surface area contributed by atoms with Gasteiger partial charge >= 0.3 is 0 Å². The number of benzene rings is 1. The molecular weight excluding hydrogens is 253 g/mol. The van der Waals surface area contributed by atoms with Gasteiger partial charge in [0.25, 0.3) is 0 Å². The second kappa shape index (κ2) is 5.25. The van der Waals surface area contributed by atoms with Crippen LogP contribution in [0.15, 0.2) is 48.5 Å². The Hall–Kier alpha value is -2.49. The zero-order valence-corrected chi connectivity index (χ0v) is 11.1. The van der Waals surface area contributed by atoms with E-state index in [1.54, 1.807) is 12.1 Å². The molecule has 0 radical (unpaired) electrons. The highest BCUT2D eigenvalue weighted by molar-refractivity contribution is 5.79. The SMILES string of the molecule is Cc1ccc2cc(CNc3cccc(F)n3)ccc2n1. The summed E-state index contributed by atoms with van der Waals surface area (Å²) in [4.78, 5) is 8.24. The van der Waals surface area contributed by atoms with Gasteiger partial charge < -0.3 is 5.32 Å². The Balaban J connectivity index is 1.79. The number of nitrogens with zero attached hydrogens (tertiary/aromatic N) is 2. The predicted octanol–water partition coefficient (Wildman–Crippen LogP) is 3.69. The zero-order valence-electron chi connectivity index (χ0n) is 11.1. The van der Waals surface area contributed by atoms with E-state index in [2.05, 4.69) is 27.4 Å². The van der Waals surface area contributed by atoms with Gasteiger partial charge in [-0.25, -0.2) is 4.98 Å². The third-order valence-corrected chi connectivity index (χ3v) is 3.08. The lowest BCUT2D eigenvalue weighted by Crippen LogP contribution is -2.02. The minimum absolute atomic E-state index is 0.479. The molecule has 0 saturated carbocycles. The highest BCUT2D eigenvalue weighted by Crippen LogP contribution is 2.15. The molecule has 0 atom stereocenters. The molecule has 0 aliphatic rings. The smallest absolute Gasteiger partial charge is 0.214 e. The van der Waals surface area contributed by atoms with Crippen molar-refractivity contribution in [3.63, 3.8) is 0 Å². The van der Waals surface area contributed by atoms with Gasteiger partial charge in [-0.05, 0) is 42.8 Å². The summed E-state index contributed by atoms with van der Waals surface area (Å²) in [6.45, 7) is 2.57. The maximum absolute atomic E-state index is 13.0. The van der Waals surface area contributed by atoms with E-state index >= 15 is 0 Å². The van der Waals surface area contributed by atoms with E-state index in [-0.39, 0.29) is 0 Å². The van der Waals surface area contributed by atoms with Crippen molar-refractivity contribution >= 4 is 16.7 Å². The fraction of sp³-hybridized carbons (Fsp3) is 0.125. The lowest BCUT2D eigenvalue weighted by molar-refractivity contribution is 0.585. The van der Waals surface area contributed by atoms with Crippen LogP contribution in [-0.2, 0) is 6.54 Å². The molecule has 4 heteroatoms. The fourth-order valence-electron chi connectivity index (χ4n) is 2.09. The molecule has 3 rings (SSSR count). The van der Waals surface area contributed by atoms with Crippen LogP contribution < -0.4 is 5.32 Å². The van der Waals surface area contributed by atoms with Crippen LogP contribution in [0.5, 0.6) is 0 Å². The van der Waals surface area contributed by atoms with Gasteiger partial charge in [-0.1, -0.05) is 18.2 Å². The number of anilines is 1. The molecule has 0 spiro atoms. The molecule has 0 aliphatic heterocycles. The number of aromatic nitrogens is 2. The highest BCUT2D eigenvalue weighted by Gasteiger charge is 2.00. The van der Waals surface area contributed by atoms with Gasteiger partial charge in [-0.2, -0.15) is 4.39 Å². The maximum atomic E-state index is 13.0. The zero-order chi connectivity index (χ0) is 13.9. The summed E-state index contributed by atoms with van der Waals surface area (Å²) in [6, 6.07) is 14.9. The molecule has 2 aromatic heterocycles. The van der Waals surface area contributed by atoms with E-state index in [1.165, 1.54) is 6.07 Å². The van der Waals surface area contributed by atoms with Crippen LogP contribution in [0, 0.1) is 12.9 Å². The molecule has 0 aliphatic carbocycles. The standard InChI is InChI=1S/C16H14FN3/c1-11-5-7-13-9-12(6-8-14(13)19-11)10-18-16-4-2-3-15(17)20-16/h2-9H,10H2,1H3,(H,18,20). The van der Waals surface area contributed by atoms with Gasteiger partial charge in [0.2, 0.25) is 5.95 Å². The van der Waals surface area contributed by atoms with Crippen molar-refractivity contribution < 1.29 is 4.39 Å². The largest absolute Gasteiger partial charge is 0.366 e. The average molecular weight is 267 g/mol. The summed E-state index contributed by atoms with van der Waals surface area (Å²) in [5.41, 5.74) is 3.10. The lowest BCUT2D eigenvalue weighted by Gasteiger charge is -2.07. The topological polar surface area (TPSA) is 37.8 Å². The van der Waals surface area contributed by atoms with Crippen molar-refractivity contribution in [1.29, 1.82) is 0 Å². The fourth-order valence-corrected chi connectivity index (χ4v) is 2.09. The van der Waals surface area contributed by atoms with Crippen LogP contribution in [0.3, 0.4) is 0 Å². The molecule has 0 unspecified atom stereocenters. The van der Waals surface area contributed by atoms with Gasteiger partial charge in [0.1, 0.15) is 5.82 Å². The van der Waals surface area contributed by atoms with Crippen molar-refractivity contribution in [2.45, 2.75) is 13.5 Å². The monoisotopic (exact) mass is 267 g/mol. The Morgan fingerprint density at radius 1 is 1.05 bits per heavy atom. The molecule has 20 heavy (non-hydrogen) atoms. The highest BCUT2D eigenvalue weighted by atomic mass is 19.1. The minimum atomic E-state index is -0.479. The van der Waals surface area contributed by atoms with E-state index in [0.717, 1.165) is 22.2 Å². The van der Waals surface area contributed by atoms with E-state index in [9.17, 15) is 4.39 Å². The molecule has 1 aromatic carbocycles. The van der Waals surface area contributed by atoms with Gasteiger partial charge in [0, 0.05) is 17.6 Å². The van der Waals surface area contributed by atoms with Crippen LogP contribution in [0.2, 0.25) is 0 Å². The summed E-state index contributed by atoms with van der Waals surface area (Å²) >= 11 is 0. The number of rotatable bonds is 3. The molecule has 0 fully saturated rings. The lowest BCUT2D eigenvalue weighted by atomic mass is 10.1. The molecule has 1 N–H and O–H groups in total. The maximum Gasteiger partial charge on any atom is 0.214 e. The Bertz CT molecular complexity index is 756. The molecule has 3 aromatic rings. The average Bonchev–Trinajstić information content (AvgIpc) is 2.45. The van der Waals surface area contributed by atoms with Gasteiger partial charge in [0.15, 0.2) is 0 Å². The molecule has 0 bridgehead atoms. The summed E-state index contributed by atoms with van der Waals surface area (Å²) in [6.07, 6.45) is 0. The first kappa shape index (κ1) is 12.5. The molecule has 0 saturated heterocycles. The molecular formula is C16H14FN3. The second-order valence-electron chi connectivity index (χ2n) is 4.68. The van der Waals surface area contributed by atoms with Crippen LogP contribution in [0.25, 0.3) is 10.9 Å². The third kappa shape index (κ3) is 2.74. The normalized spacial score (nSPS) is 10.7.